The fraction of sp³-hybridized carbons (Fsp3) is 0.562. The van der Waals surface area contributed by atoms with Gasteiger partial charge in [-0.05, 0) is 19.1 Å². The van der Waals surface area contributed by atoms with Gasteiger partial charge in [-0.1, -0.05) is 12.1 Å². The molecule has 1 aliphatic rings. The summed E-state index contributed by atoms with van der Waals surface area (Å²) in [6.07, 6.45) is 0. The summed E-state index contributed by atoms with van der Waals surface area (Å²) in [7, 11) is 1.55. The molecule has 2 N–H and O–H groups in total. The Balaban J connectivity index is 0.00000264. The second kappa shape index (κ2) is 11.4. The number of carbonyl (C=O) groups excluding carboxylic acids is 1. The third-order valence-corrected chi connectivity index (χ3v) is 3.76. The number of para-hydroxylation sites is 2. The molecule has 1 aliphatic heterocycles. The third kappa shape index (κ3) is 5.70. The van der Waals surface area contributed by atoms with Gasteiger partial charge < -0.3 is 25.0 Å². The Hall–Kier alpha value is -1.21. The van der Waals surface area contributed by atoms with Gasteiger partial charge in [0.15, 0.2) is 0 Å². The maximum Gasteiger partial charge on any atom is 0.241 e. The lowest BCUT2D eigenvalue weighted by Crippen LogP contribution is -2.54. The number of nitrogens with zero attached hydrogens (tertiary/aromatic N) is 2. The monoisotopic (exact) mass is 379 g/mol. The summed E-state index contributed by atoms with van der Waals surface area (Å²) in [5.74, 6) is 0.848. The standard InChI is InChI=1S/C16H25N3O3.2ClH/c1-3-22-15-7-5-4-6-14(15)18-8-10-19(11-9-18)16(20)13(17)12-21-2;;/h4-7,13H,3,8-12,17H2,1-2H3;2*1H. The minimum atomic E-state index is -0.577. The van der Waals surface area contributed by atoms with Crippen molar-refractivity contribution >= 4 is 36.4 Å². The molecular weight excluding hydrogens is 353 g/mol. The van der Waals surface area contributed by atoms with Crippen LogP contribution in [0.5, 0.6) is 5.75 Å². The SMILES string of the molecule is CCOc1ccccc1N1CCN(C(=O)C(N)COC)CC1.Cl.Cl. The first kappa shape index (κ1) is 22.8. The molecule has 1 saturated heterocycles. The minimum absolute atomic E-state index is 0. The molecule has 138 valence electrons. The summed E-state index contributed by atoms with van der Waals surface area (Å²) in [5, 5.41) is 0. The number of halogens is 2. The van der Waals surface area contributed by atoms with Gasteiger partial charge in [-0.2, -0.15) is 0 Å². The molecule has 0 aromatic heterocycles. The number of carbonyl (C=O) groups is 1. The van der Waals surface area contributed by atoms with E-state index in [1.54, 1.807) is 7.11 Å². The number of nitrogens with two attached hydrogens (primary N) is 1. The van der Waals surface area contributed by atoms with Gasteiger partial charge in [0.25, 0.3) is 0 Å². The van der Waals surface area contributed by atoms with E-state index in [-0.39, 0.29) is 37.3 Å². The number of methoxy groups -OCH3 is 1. The van der Waals surface area contributed by atoms with Gasteiger partial charge in [0.2, 0.25) is 5.91 Å². The summed E-state index contributed by atoms with van der Waals surface area (Å²) in [6, 6.07) is 7.43. The van der Waals surface area contributed by atoms with Crippen molar-refractivity contribution in [1.82, 2.24) is 4.90 Å². The molecule has 1 fully saturated rings. The number of hydrogen-bond acceptors (Lipinski definition) is 5. The van der Waals surface area contributed by atoms with Gasteiger partial charge in [0.1, 0.15) is 11.8 Å². The maximum atomic E-state index is 12.2. The van der Waals surface area contributed by atoms with E-state index in [9.17, 15) is 4.79 Å². The lowest BCUT2D eigenvalue weighted by atomic mass is 10.2. The third-order valence-electron chi connectivity index (χ3n) is 3.76. The van der Waals surface area contributed by atoms with E-state index in [4.69, 9.17) is 15.2 Å². The Morgan fingerprint density at radius 1 is 1.21 bits per heavy atom. The zero-order chi connectivity index (χ0) is 15.9. The van der Waals surface area contributed by atoms with Crippen LogP contribution in [0.15, 0.2) is 24.3 Å². The van der Waals surface area contributed by atoms with Crippen molar-refractivity contribution in [2.24, 2.45) is 5.73 Å². The predicted octanol–water partition coefficient (Wildman–Crippen LogP) is 1.55. The largest absolute Gasteiger partial charge is 0.492 e. The van der Waals surface area contributed by atoms with Crippen LogP contribution in [0.25, 0.3) is 0 Å². The fourth-order valence-electron chi connectivity index (χ4n) is 2.65. The number of ether oxygens (including phenoxy) is 2. The van der Waals surface area contributed by atoms with E-state index in [0.29, 0.717) is 19.7 Å². The molecule has 2 rings (SSSR count). The summed E-state index contributed by atoms with van der Waals surface area (Å²) in [4.78, 5) is 16.2. The van der Waals surface area contributed by atoms with Crippen LogP contribution in [0.1, 0.15) is 6.92 Å². The minimum Gasteiger partial charge on any atom is -0.492 e. The summed E-state index contributed by atoms with van der Waals surface area (Å²) in [5.41, 5.74) is 6.90. The number of rotatable bonds is 6. The van der Waals surface area contributed by atoms with Crippen LogP contribution in [0, 0.1) is 0 Å². The van der Waals surface area contributed by atoms with E-state index in [0.717, 1.165) is 24.5 Å². The number of amides is 1. The predicted molar refractivity (Wildman–Crippen MR) is 101 cm³/mol. The van der Waals surface area contributed by atoms with Gasteiger partial charge in [-0.15, -0.1) is 24.8 Å². The molecule has 6 nitrogen and oxygen atoms in total. The lowest BCUT2D eigenvalue weighted by molar-refractivity contribution is -0.134. The summed E-state index contributed by atoms with van der Waals surface area (Å²) < 4.78 is 10.6. The molecule has 1 amide bonds. The molecule has 8 heteroatoms. The van der Waals surface area contributed by atoms with Crippen molar-refractivity contribution in [1.29, 1.82) is 0 Å². The molecule has 1 aromatic carbocycles. The van der Waals surface area contributed by atoms with E-state index >= 15 is 0 Å². The molecule has 24 heavy (non-hydrogen) atoms. The Kier molecular flexibility index (Phi) is 10.8. The van der Waals surface area contributed by atoms with Crippen molar-refractivity contribution in [2.45, 2.75) is 13.0 Å². The second-order valence-corrected chi connectivity index (χ2v) is 5.27. The molecule has 1 atom stereocenters. The number of benzene rings is 1. The first-order valence-corrected chi connectivity index (χ1v) is 7.67. The van der Waals surface area contributed by atoms with Gasteiger partial charge in [0.05, 0.1) is 18.9 Å². The van der Waals surface area contributed by atoms with Crippen molar-refractivity contribution in [3.63, 3.8) is 0 Å². The molecular formula is C16H27Cl2N3O3. The maximum absolute atomic E-state index is 12.2. The second-order valence-electron chi connectivity index (χ2n) is 5.27. The van der Waals surface area contributed by atoms with Crippen molar-refractivity contribution in [3.8, 4) is 5.75 Å². The molecule has 1 unspecified atom stereocenters. The quantitative estimate of drug-likeness (QED) is 0.811. The van der Waals surface area contributed by atoms with Crippen LogP contribution >= 0.6 is 24.8 Å². The van der Waals surface area contributed by atoms with Crippen molar-refractivity contribution in [3.05, 3.63) is 24.3 Å². The summed E-state index contributed by atoms with van der Waals surface area (Å²) in [6.45, 7) is 5.75. The van der Waals surface area contributed by atoms with Crippen LogP contribution in [0.4, 0.5) is 5.69 Å². The zero-order valence-corrected chi connectivity index (χ0v) is 15.8. The highest BCUT2D eigenvalue weighted by molar-refractivity contribution is 5.85. The highest BCUT2D eigenvalue weighted by Crippen LogP contribution is 2.28. The summed E-state index contributed by atoms with van der Waals surface area (Å²) >= 11 is 0. The topological polar surface area (TPSA) is 68.0 Å². The average Bonchev–Trinajstić information content (AvgIpc) is 2.55. The number of piperazine rings is 1. The first-order valence-electron chi connectivity index (χ1n) is 7.67. The van der Waals surface area contributed by atoms with Crippen LogP contribution in [0.2, 0.25) is 0 Å². The lowest BCUT2D eigenvalue weighted by Gasteiger charge is -2.37. The Bertz CT molecular complexity index is 497. The van der Waals surface area contributed by atoms with E-state index in [1.165, 1.54) is 0 Å². The van der Waals surface area contributed by atoms with Crippen LogP contribution in [-0.4, -0.2) is 63.4 Å². The Morgan fingerprint density at radius 3 is 2.42 bits per heavy atom. The van der Waals surface area contributed by atoms with Crippen LogP contribution in [-0.2, 0) is 9.53 Å². The molecule has 0 radical (unpaired) electrons. The van der Waals surface area contributed by atoms with E-state index in [1.807, 2.05) is 30.0 Å². The Morgan fingerprint density at radius 2 is 1.83 bits per heavy atom. The smallest absolute Gasteiger partial charge is 0.241 e. The van der Waals surface area contributed by atoms with Crippen LogP contribution in [0.3, 0.4) is 0 Å². The van der Waals surface area contributed by atoms with E-state index in [2.05, 4.69) is 11.0 Å². The van der Waals surface area contributed by atoms with Gasteiger partial charge in [-0.3, -0.25) is 4.79 Å². The van der Waals surface area contributed by atoms with Gasteiger partial charge in [-0.25, -0.2) is 0 Å². The molecule has 1 heterocycles. The molecule has 0 aliphatic carbocycles. The van der Waals surface area contributed by atoms with Gasteiger partial charge in [0, 0.05) is 33.3 Å². The average molecular weight is 380 g/mol. The number of hydrogen-bond donors (Lipinski definition) is 1. The molecule has 1 aromatic rings. The normalized spacial score (nSPS) is 15.1. The van der Waals surface area contributed by atoms with Crippen molar-refractivity contribution in [2.75, 3.05) is 51.4 Å². The first-order chi connectivity index (χ1) is 10.7. The van der Waals surface area contributed by atoms with Crippen LogP contribution < -0.4 is 15.4 Å². The molecule has 0 bridgehead atoms. The van der Waals surface area contributed by atoms with E-state index < -0.39 is 6.04 Å². The molecule has 0 saturated carbocycles. The Labute approximate surface area is 156 Å². The highest BCUT2D eigenvalue weighted by Gasteiger charge is 2.26. The van der Waals surface area contributed by atoms with Gasteiger partial charge >= 0.3 is 0 Å². The number of anilines is 1. The fourth-order valence-corrected chi connectivity index (χ4v) is 2.65. The highest BCUT2D eigenvalue weighted by atomic mass is 35.5. The zero-order valence-electron chi connectivity index (χ0n) is 14.1. The van der Waals surface area contributed by atoms with Crippen molar-refractivity contribution < 1.29 is 14.3 Å². The molecule has 0 spiro atoms.